The quantitative estimate of drug-likeness (QED) is 0.0583. The van der Waals surface area contributed by atoms with Gasteiger partial charge in [0.1, 0.15) is 46.3 Å². The number of benzene rings is 18. The lowest BCUT2D eigenvalue weighted by Gasteiger charge is -2.27. The number of rotatable bonds is 18. The molecular formula is C120H75N15. The van der Waals surface area contributed by atoms with Crippen LogP contribution in [0.4, 0.5) is 62.8 Å². The lowest BCUT2D eigenvalue weighted by Crippen LogP contribution is -2.10. The lowest BCUT2D eigenvalue weighted by molar-refractivity contribution is 1.18. The maximum absolute atomic E-state index is 9.30. The van der Waals surface area contributed by atoms with E-state index in [4.69, 9.17) is 13.1 Å². The minimum Gasteiger partial charge on any atom is -0.358 e. The largest absolute Gasteiger partial charge is 0.358 e. The second-order valence-electron chi connectivity index (χ2n) is 31.5. The van der Waals surface area contributed by atoms with E-state index in [1.165, 1.54) is 89.0 Å². The zero-order chi connectivity index (χ0) is 91.8. The van der Waals surface area contributed by atoms with Crippen molar-refractivity contribution in [2.45, 2.75) is 0 Å². The molecule has 0 fully saturated rings. The van der Waals surface area contributed by atoms with Gasteiger partial charge in [-0.25, -0.2) is 19.9 Å². The summed E-state index contributed by atoms with van der Waals surface area (Å²) in [6.45, 7) is 14.5. The Labute approximate surface area is 781 Å². The average Bonchev–Trinajstić information content (AvgIpc) is 0.723. The minimum absolute atomic E-state index is 0.00714. The first kappa shape index (κ1) is 84.8. The average molecular weight is 1730 g/mol. The Morgan fingerprint density at radius 1 is 0.163 bits per heavy atom. The molecule has 0 aliphatic carbocycles. The summed E-state index contributed by atoms with van der Waals surface area (Å²) in [5.74, 6) is -0.605. The molecule has 21 aromatic rings. The number of hydrogen-bond donors (Lipinski definition) is 0. The van der Waals surface area contributed by atoms with Gasteiger partial charge in [-0.15, -0.1) is 9.97 Å². The Morgan fingerprint density at radius 3 is 0.481 bits per heavy atom. The Hall–Kier alpha value is -19.7. The van der Waals surface area contributed by atoms with Crippen LogP contribution >= 0.6 is 0 Å². The first-order valence-electron chi connectivity index (χ1n) is 43.6. The molecule has 15 heteroatoms. The predicted molar refractivity (Wildman–Crippen MR) is 543 cm³/mol. The predicted octanol–water partition coefficient (Wildman–Crippen LogP) is 30.9. The molecule has 3 aromatic heterocycles. The third kappa shape index (κ3) is 18.2. The van der Waals surface area contributed by atoms with E-state index in [0.717, 1.165) is 62.3 Å². The van der Waals surface area contributed by atoms with E-state index >= 15 is 0 Å². The number of hydrogen-bond acceptors (Lipinski definition) is 13. The first-order chi connectivity index (χ1) is 66.7. The summed E-state index contributed by atoms with van der Waals surface area (Å²) in [6.07, 6.45) is 0. The second-order valence-corrected chi connectivity index (χ2v) is 31.5. The van der Waals surface area contributed by atoms with Gasteiger partial charge in [0.2, 0.25) is 11.0 Å². The number of anilines is 9. The molecule has 0 radical (unpaired) electrons. The van der Waals surface area contributed by atoms with Crippen LogP contribution in [-0.2, 0) is 0 Å². The highest BCUT2D eigenvalue weighted by Crippen LogP contribution is 2.45. The second kappa shape index (κ2) is 39.3. The minimum atomic E-state index is -0.303. The molecule has 0 aliphatic rings. The maximum atomic E-state index is 9.30. The van der Waals surface area contributed by atoms with Gasteiger partial charge in [0.25, 0.3) is 0 Å². The normalized spacial score (nSPS) is 10.6. The molecule has 0 spiro atoms. The standard InChI is InChI=1S/C60H44N2.C42H31N.C18N12/c1-5-13-45(14-6-1)49-21-33-55(34-22-49)61(56-35-23-50(24-36-56)46-15-7-2-8-16-46)59-41-29-53(30-42-59)54-31-43-60(44-32-54)62(57-37-25-51(26-38-57)47-17-9-3-10-18-47)58-39-27-52(28-40-58)48-19-11-4-12-20-48;1-4-12-32(13-5-1)34-20-26-38(27-21-34)43(39-28-22-35(23-29-39)33-14-6-2-7-15-33)40-30-24-37(25-31-40)42-19-11-10-18-41(42)36-16-8-3-9-17-36;1-23-17-9(5-21)27-13-11-12(26-8(4-20)7(3-19)25-11)14-16(15(13)29-17)30-18(24-2)10(6-22)28-14/h1-44H;1-31H;. The van der Waals surface area contributed by atoms with Crippen molar-refractivity contribution < 1.29 is 0 Å². The summed E-state index contributed by atoms with van der Waals surface area (Å²) in [5, 5.41) is 37.2. The van der Waals surface area contributed by atoms with E-state index in [1.54, 1.807) is 24.3 Å². The van der Waals surface area contributed by atoms with Gasteiger partial charge in [-0.2, -0.15) is 21.0 Å². The number of fused-ring (bicyclic) bond motifs is 6. The van der Waals surface area contributed by atoms with Gasteiger partial charge in [-0.1, -0.05) is 359 Å². The van der Waals surface area contributed by atoms with Crippen LogP contribution in [0.25, 0.3) is 143 Å². The van der Waals surface area contributed by atoms with Crippen LogP contribution in [0.5, 0.6) is 0 Å². The van der Waals surface area contributed by atoms with Crippen LogP contribution in [0.15, 0.2) is 455 Å². The highest BCUT2D eigenvalue weighted by atomic mass is 15.2. The molecule has 0 N–H and O–H groups in total. The molecular weight excluding hydrogens is 1650 g/mol. The van der Waals surface area contributed by atoms with E-state index < -0.39 is 0 Å². The summed E-state index contributed by atoms with van der Waals surface area (Å²) in [7, 11) is 0. The van der Waals surface area contributed by atoms with Gasteiger partial charge < -0.3 is 24.4 Å². The van der Waals surface area contributed by atoms with Crippen LogP contribution < -0.4 is 14.7 Å². The fourth-order valence-corrected chi connectivity index (χ4v) is 16.7. The highest BCUT2D eigenvalue weighted by molar-refractivity contribution is 6.19. The van der Waals surface area contributed by atoms with Crippen LogP contribution in [-0.4, -0.2) is 29.9 Å². The van der Waals surface area contributed by atoms with Gasteiger partial charge in [-0.3, -0.25) is 0 Å². The lowest BCUT2D eigenvalue weighted by atomic mass is 9.94. The zero-order valence-corrected chi connectivity index (χ0v) is 72.5. The monoisotopic (exact) mass is 1730 g/mol. The fourth-order valence-electron chi connectivity index (χ4n) is 16.7. The van der Waals surface area contributed by atoms with E-state index in [2.05, 4.69) is 509 Å². The molecule has 135 heavy (non-hydrogen) atoms. The number of nitrogens with zero attached hydrogens (tertiary/aromatic N) is 15. The topological polar surface area (TPSA) is 191 Å². The molecule has 0 atom stereocenters. The smallest absolute Gasteiger partial charge is 0.307 e. The Balaban J connectivity index is 0.000000139. The first-order valence-corrected chi connectivity index (χ1v) is 43.6. The fraction of sp³-hybridized carbons (Fsp3) is 0. The SMILES string of the molecule is [C-]#[N+]c1nc2c(nc1C#N)c1nc(C#N)c(C#N)nc1c1nc(C#N)c([N+]#[C-])nc12.c1ccc(-c2ccc(N(c3ccc(-c4ccccc4)cc3)c3ccc(-c4ccc(N(c5ccc(-c6ccccc6)cc5)c5ccc(-c6ccccc6)cc5)cc4)cc3)cc2)cc1.c1ccc(-c2ccc(N(c3ccc(-c4ccccc4)cc3)c3ccc(-c4ccccc4-c4ccccc4)cc3)cc2)cc1. The van der Waals surface area contributed by atoms with Crippen LogP contribution in [0, 0.1) is 58.5 Å². The van der Waals surface area contributed by atoms with E-state index in [0.29, 0.717) is 0 Å². The molecule has 21 rings (SSSR count). The molecule has 3 heterocycles. The molecule has 18 aromatic carbocycles. The van der Waals surface area contributed by atoms with Crippen LogP contribution in [0.2, 0.25) is 0 Å². The summed E-state index contributed by atoms with van der Waals surface area (Å²) < 4.78 is 0. The van der Waals surface area contributed by atoms with Crippen molar-refractivity contribution in [1.82, 2.24) is 29.9 Å². The molecule has 630 valence electrons. The Kier molecular flexibility index (Phi) is 24.7. The summed E-state index contributed by atoms with van der Waals surface area (Å²) in [5.41, 5.74) is 30.4. The number of aromatic nitrogens is 6. The van der Waals surface area contributed by atoms with Crippen molar-refractivity contribution >= 4 is 95.9 Å². The van der Waals surface area contributed by atoms with Crippen molar-refractivity contribution in [3.05, 3.63) is 501 Å². The van der Waals surface area contributed by atoms with Crippen molar-refractivity contribution in [2.24, 2.45) is 0 Å². The van der Waals surface area contributed by atoms with Crippen molar-refractivity contribution in [3.63, 3.8) is 0 Å². The van der Waals surface area contributed by atoms with Crippen molar-refractivity contribution in [1.29, 1.82) is 21.0 Å². The summed E-state index contributed by atoms with van der Waals surface area (Å²) >= 11 is 0. The van der Waals surface area contributed by atoms with Gasteiger partial charge in [0.15, 0.2) is 22.8 Å². The molecule has 0 aliphatic heterocycles. The molecule has 0 amide bonds. The van der Waals surface area contributed by atoms with E-state index in [-0.39, 0.29) is 67.5 Å². The third-order valence-corrected chi connectivity index (χ3v) is 23.4. The molecule has 0 saturated carbocycles. The Bertz CT molecular complexity index is 7290. The molecule has 15 nitrogen and oxygen atoms in total. The van der Waals surface area contributed by atoms with Crippen molar-refractivity contribution in [2.75, 3.05) is 14.7 Å². The molecule has 0 bridgehead atoms. The number of nitriles is 4. The van der Waals surface area contributed by atoms with E-state index in [9.17, 15) is 21.0 Å². The van der Waals surface area contributed by atoms with Gasteiger partial charge in [-0.05, 0) is 209 Å². The van der Waals surface area contributed by atoms with Gasteiger partial charge in [0, 0.05) is 51.2 Å². The molecule has 0 saturated heterocycles. The maximum Gasteiger partial charge on any atom is 0.307 e. The summed E-state index contributed by atoms with van der Waals surface area (Å²) in [6, 6.07) is 169. The van der Waals surface area contributed by atoms with E-state index in [1.807, 2.05) is 0 Å². The summed E-state index contributed by atoms with van der Waals surface area (Å²) in [4.78, 5) is 38.1. The highest BCUT2D eigenvalue weighted by Gasteiger charge is 2.28. The van der Waals surface area contributed by atoms with Crippen LogP contribution in [0.1, 0.15) is 22.8 Å². The third-order valence-electron chi connectivity index (χ3n) is 23.4. The van der Waals surface area contributed by atoms with Gasteiger partial charge >= 0.3 is 11.6 Å². The van der Waals surface area contributed by atoms with Crippen molar-refractivity contribution in [3.8, 4) is 124 Å². The zero-order valence-electron chi connectivity index (χ0n) is 72.5. The Morgan fingerprint density at radius 2 is 0.304 bits per heavy atom. The van der Waals surface area contributed by atoms with Crippen LogP contribution in [0.3, 0.4) is 0 Å². The molecule has 0 unspecified atom stereocenters. The van der Waals surface area contributed by atoms with Gasteiger partial charge in [0.05, 0.1) is 0 Å².